The van der Waals surface area contributed by atoms with Gasteiger partial charge in [0, 0.05) is 19.6 Å². The summed E-state index contributed by atoms with van der Waals surface area (Å²) in [6, 6.07) is 7.57. The third-order valence-corrected chi connectivity index (χ3v) is 6.10. The van der Waals surface area contributed by atoms with Crippen LogP contribution in [0, 0.1) is 12.8 Å². The van der Waals surface area contributed by atoms with Gasteiger partial charge in [-0.25, -0.2) is 17.5 Å². The minimum absolute atomic E-state index is 0.0134. The van der Waals surface area contributed by atoms with Crippen LogP contribution >= 0.6 is 0 Å². The fraction of sp³-hybridized carbons (Fsp3) is 0.632. The highest BCUT2D eigenvalue weighted by Gasteiger charge is 2.29. The Hall–Kier alpha value is -1.60. The third-order valence-electron chi connectivity index (χ3n) is 4.28. The van der Waals surface area contributed by atoms with Gasteiger partial charge in [0.2, 0.25) is 10.0 Å². The van der Waals surface area contributed by atoms with Gasteiger partial charge >= 0.3 is 6.09 Å². The SMILES string of the molecule is Cc1ccc(CS(=O)(=O)N2CCC[C@@H](CNC(=O)OC(C)(C)C)C2)cc1. The molecule has 0 spiro atoms. The molecule has 0 aliphatic carbocycles. The lowest BCUT2D eigenvalue weighted by atomic mass is 10.00. The lowest BCUT2D eigenvalue weighted by molar-refractivity contribution is 0.0513. The summed E-state index contributed by atoms with van der Waals surface area (Å²) in [5.41, 5.74) is 1.36. The molecule has 0 aromatic heterocycles. The predicted molar refractivity (Wildman–Crippen MR) is 102 cm³/mol. The van der Waals surface area contributed by atoms with Crippen molar-refractivity contribution >= 4 is 16.1 Å². The lowest BCUT2D eigenvalue weighted by Crippen LogP contribution is -2.44. The van der Waals surface area contributed by atoms with Crippen molar-refractivity contribution in [3.05, 3.63) is 35.4 Å². The van der Waals surface area contributed by atoms with Crippen LogP contribution in [-0.4, -0.2) is 44.1 Å². The molecule has 26 heavy (non-hydrogen) atoms. The van der Waals surface area contributed by atoms with E-state index in [-0.39, 0.29) is 11.7 Å². The molecule has 1 amide bonds. The van der Waals surface area contributed by atoms with Crippen molar-refractivity contribution in [3.8, 4) is 0 Å². The number of nitrogens with zero attached hydrogens (tertiary/aromatic N) is 1. The van der Waals surface area contributed by atoms with Gasteiger partial charge in [0.15, 0.2) is 0 Å². The van der Waals surface area contributed by atoms with Gasteiger partial charge in [-0.15, -0.1) is 0 Å². The van der Waals surface area contributed by atoms with Gasteiger partial charge in [0.1, 0.15) is 5.60 Å². The van der Waals surface area contributed by atoms with Crippen LogP contribution in [0.2, 0.25) is 0 Å². The van der Waals surface area contributed by atoms with E-state index >= 15 is 0 Å². The quantitative estimate of drug-likeness (QED) is 0.849. The van der Waals surface area contributed by atoms with Gasteiger partial charge in [0.05, 0.1) is 5.75 Å². The Kier molecular flexibility index (Phi) is 6.69. The van der Waals surface area contributed by atoms with Gasteiger partial charge in [-0.2, -0.15) is 0 Å². The van der Waals surface area contributed by atoms with Gasteiger partial charge in [-0.3, -0.25) is 0 Å². The molecule has 1 aromatic carbocycles. The number of piperidine rings is 1. The molecule has 2 rings (SSSR count). The molecule has 0 radical (unpaired) electrons. The molecule has 1 aromatic rings. The van der Waals surface area contributed by atoms with E-state index in [0.717, 1.165) is 24.0 Å². The summed E-state index contributed by atoms with van der Waals surface area (Å²) in [5, 5.41) is 2.75. The minimum atomic E-state index is -3.36. The molecule has 1 N–H and O–H groups in total. The maximum Gasteiger partial charge on any atom is 0.407 e. The molecule has 6 nitrogen and oxygen atoms in total. The van der Waals surface area contributed by atoms with Crippen LogP contribution in [0.1, 0.15) is 44.7 Å². The standard InChI is InChI=1S/C19H30N2O4S/c1-15-7-9-16(10-8-15)14-26(23,24)21-11-5-6-17(13-21)12-20-18(22)25-19(2,3)4/h7-10,17H,5-6,11-14H2,1-4H3,(H,20,22)/t17-/m0/s1. The highest BCUT2D eigenvalue weighted by atomic mass is 32.2. The van der Waals surface area contributed by atoms with Crippen molar-refractivity contribution in [2.75, 3.05) is 19.6 Å². The topological polar surface area (TPSA) is 75.7 Å². The Balaban J connectivity index is 1.90. The zero-order valence-electron chi connectivity index (χ0n) is 16.1. The van der Waals surface area contributed by atoms with E-state index in [1.54, 1.807) is 4.31 Å². The van der Waals surface area contributed by atoms with E-state index in [1.165, 1.54) is 0 Å². The van der Waals surface area contributed by atoms with Crippen molar-refractivity contribution in [2.45, 2.75) is 51.9 Å². The molecule has 1 saturated heterocycles. The second-order valence-electron chi connectivity index (χ2n) is 7.99. The fourth-order valence-corrected chi connectivity index (χ4v) is 4.62. The van der Waals surface area contributed by atoms with Crippen LogP contribution in [0.15, 0.2) is 24.3 Å². The molecular weight excluding hydrogens is 352 g/mol. The zero-order valence-corrected chi connectivity index (χ0v) is 16.9. The van der Waals surface area contributed by atoms with E-state index in [2.05, 4.69) is 5.32 Å². The highest BCUT2D eigenvalue weighted by Crippen LogP contribution is 2.21. The summed E-state index contributed by atoms with van der Waals surface area (Å²) in [6.07, 6.45) is 1.23. The maximum atomic E-state index is 12.7. The third kappa shape index (κ3) is 6.61. The maximum absolute atomic E-state index is 12.7. The number of ether oxygens (including phenoxy) is 1. The first kappa shape index (κ1) is 20.7. The van der Waals surface area contributed by atoms with Gasteiger partial charge in [-0.05, 0) is 52.0 Å². The van der Waals surface area contributed by atoms with Gasteiger partial charge < -0.3 is 10.1 Å². The van der Waals surface area contributed by atoms with E-state index in [1.807, 2.05) is 52.0 Å². The summed E-state index contributed by atoms with van der Waals surface area (Å²) in [4.78, 5) is 11.8. The van der Waals surface area contributed by atoms with Crippen LogP contribution in [0.25, 0.3) is 0 Å². The number of benzene rings is 1. The van der Waals surface area contributed by atoms with E-state index in [4.69, 9.17) is 4.74 Å². The Morgan fingerprint density at radius 3 is 2.54 bits per heavy atom. The van der Waals surface area contributed by atoms with Gasteiger partial charge in [0.25, 0.3) is 0 Å². The molecule has 1 fully saturated rings. The number of amides is 1. The molecule has 7 heteroatoms. The smallest absolute Gasteiger partial charge is 0.407 e. The number of sulfonamides is 1. The average Bonchev–Trinajstić information content (AvgIpc) is 2.54. The van der Waals surface area contributed by atoms with Crippen LogP contribution in [-0.2, 0) is 20.5 Å². The van der Waals surface area contributed by atoms with Crippen LogP contribution in [0.3, 0.4) is 0 Å². The summed E-state index contributed by atoms with van der Waals surface area (Å²) in [7, 11) is -3.36. The van der Waals surface area contributed by atoms with Crippen molar-refractivity contribution in [3.63, 3.8) is 0 Å². The first-order valence-electron chi connectivity index (χ1n) is 9.05. The molecule has 1 heterocycles. The number of hydrogen-bond donors (Lipinski definition) is 1. The number of rotatable bonds is 5. The second-order valence-corrected chi connectivity index (χ2v) is 9.96. The largest absolute Gasteiger partial charge is 0.444 e. The Morgan fingerprint density at radius 2 is 1.92 bits per heavy atom. The van der Waals surface area contributed by atoms with Crippen LogP contribution in [0.5, 0.6) is 0 Å². The van der Waals surface area contributed by atoms with Crippen molar-refractivity contribution in [1.29, 1.82) is 0 Å². The lowest BCUT2D eigenvalue weighted by Gasteiger charge is -2.32. The summed E-state index contributed by atoms with van der Waals surface area (Å²) < 4.78 is 32.2. The van der Waals surface area contributed by atoms with Crippen molar-refractivity contribution in [2.24, 2.45) is 5.92 Å². The zero-order chi connectivity index (χ0) is 19.4. The molecule has 0 bridgehead atoms. The van der Waals surface area contributed by atoms with E-state index < -0.39 is 21.7 Å². The molecule has 146 valence electrons. The van der Waals surface area contributed by atoms with Crippen molar-refractivity contribution in [1.82, 2.24) is 9.62 Å². The van der Waals surface area contributed by atoms with Crippen molar-refractivity contribution < 1.29 is 17.9 Å². The molecular formula is C19H30N2O4S. The monoisotopic (exact) mass is 382 g/mol. The van der Waals surface area contributed by atoms with Crippen LogP contribution in [0.4, 0.5) is 4.79 Å². The minimum Gasteiger partial charge on any atom is -0.444 e. The second kappa shape index (κ2) is 8.39. The molecule has 1 aliphatic rings. The first-order chi connectivity index (χ1) is 12.0. The number of nitrogens with one attached hydrogen (secondary N) is 1. The summed E-state index contributed by atoms with van der Waals surface area (Å²) >= 11 is 0. The predicted octanol–water partition coefficient (Wildman–Crippen LogP) is 3.06. The first-order valence-corrected chi connectivity index (χ1v) is 10.7. The normalized spacial score (nSPS) is 19.2. The molecule has 1 aliphatic heterocycles. The average molecular weight is 383 g/mol. The molecule has 0 unspecified atom stereocenters. The Bertz CT molecular complexity index is 708. The molecule has 1 atom stereocenters. The number of carbonyl (C=O) groups is 1. The van der Waals surface area contributed by atoms with Gasteiger partial charge in [-0.1, -0.05) is 29.8 Å². The van der Waals surface area contributed by atoms with Crippen LogP contribution < -0.4 is 5.32 Å². The number of alkyl carbamates (subject to hydrolysis) is 1. The Morgan fingerprint density at radius 1 is 1.27 bits per heavy atom. The number of carbonyl (C=O) groups excluding carboxylic acids is 1. The summed E-state index contributed by atoms with van der Waals surface area (Å²) in [5.74, 6) is 0.114. The fourth-order valence-electron chi connectivity index (χ4n) is 2.97. The highest BCUT2D eigenvalue weighted by molar-refractivity contribution is 7.88. The Labute approximate surface area is 157 Å². The van der Waals surface area contributed by atoms with E-state index in [9.17, 15) is 13.2 Å². The van der Waals surface area contributed by atoms with E-state index in [0.29, 0.717) is 19.6 Å². The summed E-state index contributed by atoms with van der Waals surface area (Å²) in [6.45, 7) is 8.81. The molecule has 0 saturated carbocycles. The number of hydrogen-bond acceptors (Lipinski definition) is 4. The number of aryl methyl sites for hydroxylation is 1.